The van der Waals surface area contributed by atoms with E-state index >= 15 is 0 Å². The Bertz CT molecular complexity index is 562. The fourth-order valence-corrected chi connectivity index (χ4v) is 3.11. The zero-order valence-corrected chi connectivity index (χ0v) is 16.5. The average molecular weight is 367 g/mol. The number of nitrogens with zero attached hydrogens (tertiary/aromatic N) is 2. The van der Waals surface area contributed by atoms with E-state index in [4.69, 9.17) is 4.74 Å². The maximum atomic E-state index is 12.3. The molecule has 25 heavy (non-hydrogen) atoms. The molecule has 0 unspecified atom stereocenters. The Hall–Kier alpha value is -1.76. The zero-order chi connectivity index (χ0) is 18.3. The lowest BCUT2D eigenvalue weighted by molar-refractivity contribution is 0.0238. The fourth-order valence-electron chi connectivity index (χ4n) is 2.40. The van der Waals surface area contributed by atoms with E-state index in [0.717, 1.165) is 31.8 Å². The van der Waals surface area contributed by atoms with Gasteiger partial charge < -0.3 is 20.3 Å². The Morgan fingerprint density at radius 3 is 2.64 bits per heavy atom. The summed E-state index contributed by atoms with van der Waals surface area (Å²) in [6.45, 7) is 7.78. The van der Waals surface area contributed by atoms with E-state index < -0.39 is 5.60 Å². The summed E-state index contributed by atoms with van der Waals surface area (Å²) < 4.78 is 5.51. The maximum absolute atomic E-state index is 12.3. The first-order chi connectivity index (χ1) is 11.9. The first-order valence-electron chi connectivity index (χ1n) is 8.85. The second-order valence-corrected chi connectivity index (χ2v) is 8.19. The van der Waals surface area contributed by atoms with Crippen molar-refractivity contribution in [3.05, 3.63) is 22.4 Å². The summed E-state index contributed by atoms with van der Waals surface area (Å²) in [5, 5.41) is 8.67. The van der Waals surface area contributed by atoms with Crippen LogP contribution in [0.15, 0.2) is 22.5 Å². The zero-order valence-electron chi connectivity index (χ0n) is 15.7. The smallest absolute Gasteiger partial charge is 0.410 e. The van der Waals surface area contributed by atoms with Crippen LogP contribution in [-0.4, -0.2) is 55.3 Å². The molecule has 1 aromatic heterocycles. The molecular formula is C18H30N4O2S. The van der Waals surface area contributed by atoms with Crippen molar-refractivity contribution in [2.75, 3.05) is 26.7 Å². The van der Waals surface area contributed by atoms with Gasteiger partial charge in [0.15, 0.2) is 5.96 Å². The lowest BCUT2D eigenvalue weighted by atomic mass is 10.2. The number of rotatable bonds is 7. The molecule has 7 heteroatoms. The van der Waals surface area contributed by atoms with Gasteiger partial charge in [0.2, 0.25) is 0 Å². The molecule has 0 bridgehead atoms. The molecule has 1 aliphatic carbocycles. The Balaban J connectivity index is 1.71. The molecule has 1 saturated carbocycles. The summed E-state index contributed by atoms with van der Waals surface area (Å²) in [5.41, 5.74) is -0.461. The Kier molecular flexibility index (Phi) is 7.11. The topological polar surface area (TPSA) is 66.0 Å². The molecule has 0 spiro atoms. The van der Waals surface area contributed by atoms with Crippen LogP contribution in [0.3, 0.4) is 0 Å². The minimum Gasteiger partial charge on any atom is -0.444 e. The SMILES string of the molecule is CN=C(NCCc1cccs1)NCCN(C(=O)OC(C)(C)C)C1CC1. The van der Waals surface area contributed by atoms with Gasteiger partial charge in [-0.1, -0.05) is 6.07 Å². The van der Waals surface area contributed by atoms with Crippen LogP contribution >= 0.6 is 11.3 Å². The number of carbonyl (C=O) groups is 1. The summed E-state index contributed by atoms with van der Waals surface area (Å²) in [4.78, 5) is 19.7. The molecule has 1 heterocycles. The Morgan fingerprint density at radius 2 is 2.08 bits per heavy atom. The second kappa shape index (κ2) is 9.08. The van der Waals surface area contributed by atoms with Crippen molar-refractivity contribution in [2.45, 2.75) is 51.7 Å². The molecule has 2 N–H and O–H groups in total. The number of ether oxygens (including phenoxy) is 1. The normalized spacial score (nSPS) is 15.0. The molecule has 2 rings (SSSR count). The minimum atomic E-state index is -0.461. The molecule has 1 aliphatic rings. The molecule has 1 amide bonds. The van der Waals surface area contributed by atoms with Gasteiger partial charge in [0.1, 0.15) is 5.60 Å². The van der Waals surface area contributed by atoms with E-state index in [2.05, 4.69) is 33.1 Å². The van der Waals surface area contributed by atoms with Crippen molar-refractivity contribution >= 4 is 23.4 Å². The number of amides is 1. The van der Waals surface area contributed by atoms with Gasteiger partial charge in [-0.2, -0.15) is 0 Å². The molecular weight excluding hydrogens is 336 g/mol. The summed E-state index contributed by atoms with van der Waals surface area (Å²) in [7, 11) is 1.76. The van der Waals surface area contributed by atoms with Crippen molar-refractivity contribution in [1.82, 2.24) is 15.5 Å². The lowest BCUT2D eigenvalue weighted by Gasteiger charge is -2.27. The molecule has 140 valence electrons. The molecule has 0 atom stereocenters. The number of guanidine groups is 1. The van der Waals surface area contributed by atoms with Crippen LogP contribution < -0.4 is 10.6 Å². The van der Waals surface area contributed by atoms with Gasteiger partial charge in [0.25, 0.3) is 0 Å². The third-order valence-electron chi connectivity index (χ3n) is 3.73. The number of hydrogen-bond acceptors (Lipinski definition) is 4. The van der Waals surface area contributed by atoms with Crippen LogP contribution in [0.25, 0.3) is 0 Å². The molecule has 1 fully saturated rings. The van der Waals surface area contributed by atoms with Crippen LogP contribution in [0, 0.1) is 0 Å². The van der Waals surface area contributed by atoms with Crippen LogP contribution in [0.5, 0.6) is 0 Å². The third kappa shape index (κ3) is 7.34. The minimum absolute atomic E-state index is 0.225. The average Bonchev–Trinajstić information content (AvgIpc) is 3.23. The van der Waals surface area contributed by atoms with Crippen molar-refractivity contribution in [3.8, 4) is 0 Å². The van der Waals surface area contributed by atoms with E-state index in [1.54, 1.807) is 18.4 Å². The Morgan fingerprint density at radius 1 is 1.36 bits per heavy atom. The summed E-state index contributed by atoms with van der Waals surface area (Å²) in [5.74, 6) is 0.761. The van der Waals surface area contributed by atoms with E-state index in [9.17, 15) is 4.79 Å². The van der Waals surface area contributed by atoms with Crippen LogP contribution in [0.1, 0.15) is 38.5 Å². The fraction of sp³-hybridized carbons (Fsp3) is 0.667. The number of carbonyl (C=O) groups excluding carboxylic acids is 1. The van der Waals surface area contributed by atoms with E-state index in [1.807, 2.05) is 25.7 Å². The summed E-state index contributed by atoms with van der Waals surface area (Å²) in [6.07, 6.45) is 2.88. The monoisotopic (exact) mass is 366 g/mol. The number of hydrogen-bond donors (Lipinski definition) is 2. The molecule has 6 nitrogen and oxygen atoms in total. The van der Waals surface area contributed by atoms with E-state index in [-0.39, 0.29) is 6.09 Å². The van der Waals surface area contributed by atoms with Gasteiger partial charge in [-0.25, -0.2) is 4.79 Å². The number of nitrogens with one attached hydrogen (secondary N) is 2. The van der Waals surface area contributed by atoms with Gasteiger partial charge in [-0.3, -0.25) is 4.99 Å². The quantitative estimate of drug-likeness (QED) is 0.575. The molecule has 0 radical (unpaired) electrons. The molecule has 0 aliphatic heterocycles. The van der Waals surface area contributed by atoms with Crippen molar-refractivity contribution < 1.29 is 9.53 Å². The van der Waals surface area contributed by atoms with Crippen molar-refractivity contribution in [2.24, 2.45) is 4.99 Å². The largest absolute Gasteiger partial charge is 0.444 e. The van der Waals surface area contributed by atoms with Gasteiger partial charge in [0, 0.05) is 37.6 Å². The highest BCUT2D eigenvalue weighted by atomic mass is 32.1. The Labute approximate surface area is 154 Å². The third-order valence-corrected chi connectivity index (χ3v) is 4.66. The van der Waals surface area contributed by atoms with Crippen LogP contribution in [0.4, 0.5) is 4.79 Å². The van der Waals surface area contributed by atoms with Gasteiger partial charge >= 0.3 is 6.09 Å². The van der Waals surface area contributed by atoms with Crippen LogP contribution in [-0.2, 0) is 11.2 Å². The van der Waals surface area contributed by atoms with Gasteiger partial charge in [0.05, 0.1) is 0 Å². The maximum Gasteiger partial charge on any atom is 0.410 e. The lowest BCUT2D eigenvalue weighted by Crippen LogP contribution is -2.45. The van der Waals surface area contributed by atoms with Gasteiger partial charge in [-0.15, -0.1) is 11.3 Å². The molecule has 0 saturated heterocycles. The standard InChI is InChI=1S/C18H30N4O2S/c1-18(2,3)24-17(23)22(14-7-8-14)12-11-21-16(19-4)20-10-9-15-6-5-13-25-15/h5-6,13-14H,7-12H2,1-4H3,(H2,19,20,21). The molecule has 1 aromatic rings. The number of aliphatic imine (C=N–C) groups is 1. The van der Waals surface area contributed by atoms with Crippen molar-refractivity contribution in [1.29, 1.82) is 0 Å². The van der Waals surface area contributed by atoms with Crippen molar-refractivity contribution in [3.63, 3.8) is 0 Å². The summed E-state index contributed by atoms with van der Waals surface area (Å²) >= 11 is 1.76. The van der Waals surface area contributed by atoms with E-state index in [1.165, 1.54) is 4.88 Å². The highest BCUT2D eigenvalue weighted by molar-refractivity contribution is 7.09. The first kappa shape index (κ1) is 19.6. The highest BCUT2D eigenvalue weighted by Crippen LogP contribution is 2.27. The predicted octanol–water partition coefficient (Wildman–Crippen LogP) is 2.86. The van der Waals surface area contributed by atoms with Crippen LogP contribution in [0.2, 0.25) is 0 Å². The summed E-state index contributed by atoms with van der Waals surface area (Å²) in [6, 6.07) is 4.53. The molecule has 0 aromatic carbocycles. The number of thiophene rings is 1. The first-order valence-corrected chi connectivity index (χ1v) is 9.73. The van der Waals surface area contributed by atoms with E-state index in [0.29, 0.717) is 19.1 Å². The van der Waals surface area contributed by atoms with Gasteiger partial charge in [-0.05, 0) is 51.5 Å². The highest BCUT2D eigenvalue weighted by Gasteiger charge is 2.34. The predicted molar refractivity (Wildman–Crippen MR) is 103 cm³/mol. The second-order valence-electron chi connectivity index (χ2n) is 7.16.